The summed E-state index contributed by atoms with van der Waals surface area (Å²) in [5, 5.41) is 0. The first-order valence-corrected chi connectivity index (χ1v) is 7.05. The van der Waals surface area contributed by atoms with Crippen LogP contribution in [-0.2, 0) is 0 Å². The van der Waals surface area contributed by atoms with Gasteiger partial charge in [-0.1, -0.05) is 30.3 Å². The summed E-state index contributed by atoms with van der Waals surface area (Å²) in [6.07, 6.45) is 4.61. The Hall–Kier alpha value is -2.22. The maximum absolute atomic E-state index is 2.33. The molecule has 0 spiro atoms. The van der Waals surface area contributed by atoms with Crippen molar-refractivity contribution in [3.63, 3.8) is 0 Å². The molecule has 1 aliphatic heterocycles. The Bertz CT molecular complexity index is 631. The fraction of sp³-hybridized carbons (Fsp3) is 0.222. The van der Waals surface area contributed by atoms with E-state index in [2.05, 4.69) is 91.5 Å². The van der Waals surface area contributed by atoms with Gasteiger partial charge in [0.25, 0.3) is 0 Å². The molecule has 2 aromatic rings. The largest absolute Gasteiger partial charge is 0.326 e. The molecule has 0 radical (unpaired) electrons. The van der Waals surface area contributed by atoms with Crippen molar-refractivity contribution in [2.24, 2.45) is 0 Å². The monoisotopic (exact) mass is 264 g/mol. The van der Waals surface area contributed by atoms with Crippen LogP contribution in [0.5, 0.6) is 0 Å². The number of hydrogen-bond acceptors (Lipinski definition) is 2. The molecule has 0 saturated carbocycles. The second-order valence-electron chi connectivity index (χ2n) is 5.30. The van der Waals surface area contributed by atoms with Gasteiger partial charge in [-0.15, -0.1) is 0 Å². The fourth-order valence-electron chi connectivity index (χ4n) is 2.73. The molecule has 0 unspecified atom stereocenters. The molecular formula is C18H20N2. The topological polar surface area (TPSA) is 6.48 Å². The van der Waals surface area contributed by atoms with Crippen molar-refractivity contribution in [3.8, 4) is 0 Å². The quantitative estimate of drug-likeness (QED) is 0.790. The smallest absolute Gasteiger partial charge is 0.107 e. The predicted molar refractivity (Wildman–Crippen MR) is 85.9 cm³/mol. The van der Waals surface area contributed by atoms with Crippen molar-refractivity contribution >= 4 is 11.4 Å². The highest BCUT2D eigenvalue weighted by atomic mass is 15.4. The van der Waals surface area contributed by atoms with E-state index in [-0.39, 0.29) is 6.17 Å². The second kappa shape index (κ2) is 5.04. The molecule has 0 aliphatic carbocycles. The Morgan fingerprint density at radius 3 is 2.25 bits per heavy atom. The van der Waals surface area contributed by atoms with Crippen LogP contribution in [-0.4, -0.2) is 6.17 Å². The number of rotatable bonds is 2. The lowest BCUT2D eigenvalue weighted by Crippen LogP contribution is -2.36. The first-order valence-electron chi connectivity index (χ1n) is 7.05. The lowest BCUT2D eigenvalue weighted by molar-refractivity contribution is 0.748. The number of benzene rings is 2. The van der Waals surface area contributed by atoms with Gasteiger partial charge in [0.1, 0.15) is 6.17 Å². The summed E-state index contributed by atoms with van der Waals surface area (Å²) >= 11 is 0. The third-order valence-electron chi connectivity index (χ3n) is 4.10. The molecule has 3 rings (SSSR count). The maximum atomic E-state index is 2.33. The minimum atomic E-state index is 0.290. The molecule has 2 aromatic carbocycles. The Labute approximate surface area is 121 Å². The van der Waals surface area contributed by atoms with E-state index in [9.17, 15) is 0 Å². The molecule has 0 amide bonds. The minimum absolute atomic E-state index is 0.290. The molecule has 1 heterocycles. The van der Waals surface area contributed by atoms with Crippen LogP contribution in [0.1, 0.15) is 18.1 Å². The van der Waals surface area contributed by atoms with E-state index in [0.717, 1.165) is 0 Å². The number of aryl methyl sites for hydroxylation is 1. The molecule has 0 N–H and O–H groups in total. The van der Waals surface area contributed by atoms with Gasteiger partial charge >= 0.3 is 0 Å². The molecule has 0 saturated heterocycles. The summed E-state index contributed by atoms with van der Waals surface area (Å²) in [6, 6.07) is 17.0. The van der Waals surface area contributed by atoms with E-state index in [0.29, 0.717) is 0 Å². The fourth-order valence-corrected chi connectivity index (χ4v) is 2.73. The van der Waals surface area contributed by atoms with Crippen molar-refractivity contribution in [3.05, 3.63) is 72.1 Å². The molecule has 2 nitrogen and oxygen atoms in total. The molecule has 102 valence electrons. The van der Waals surface area contributed by atoms with Gasteiger partial charge in [-0.2, -0.15) is 0 Å². The third-order valence-corrected chi connectivity index (χ3v) is 4.10. The summed E-state index contributed by atoms with van der Waals surface area (Å²) in [5.74, 6) is 0. The molecule has 0 bridgehead atoms. The van der Waals surface area contributed by atoms with E-state index in [1.165, 1.54) is 22.5 Å². The molecule has 2 heteroatoms. The van der Waals surface area contributed by atoms with Crippen LogP contribution < -0.4 is 9.80 Å². The van der Waals surface area contributed by atoms with Crippen LogP contribution in [0.25, 0.3) is 0 Å². The van der Waals surface area contributed by atoms with Crippen LogP contribution >= 0.6 is 0 Å². The Morgan fingerprint density at radius 1 is 0.800 bits per heavy atom. The Morgan fingerprint density at radius 2 is 1.50 bits per heavy atom. The standard InChI is InChI=1S/C18H20N2/c1-14-8-7-11-18(15(14)2)20-13-12-19(16(20)3)17-9-5-4-6-10-17/h4-13,16H,1-3H3/t16-/m0/s1. The number of nitrogens with zero attached hydrogens (tertiary/aromatic N) is 2. The zero-order chi connectivity index (χ0) is 14.1. The van der Waals surface area contributed by atoms with Gasteiger partial charge in [0, 0.05) is 23.8 Å². The third kappa shape index (κ3) is 2.07. The molecule has 20 heavy (non-hydrogen) atoms. The summed E-state index contributed by atoms with van der Waals surface area (Å²) in [5.41, 5.74) is 5.19. The average Bonchev–Trinajstić information content (AvgIpc) is 2.85. The maximum Gasteiger partial charge on any atom is 0.107 e. The highest BCUT2D eigenvalue weighted by Gasteiger charge is 2.25. The van der Waals surface area contributed by atoms with Crippen LogP contribution in [0.3, 0.4) is 0 Å². The molecule has 1 aliphatic rings. The SMILES string of the molecule is Cc1cccc(N2C=CN(c3ccccc3)[C@@H]2C)c1C. The van der Waals surface area contributed by atoms with Gasteiger partial charge in [-0.25, -0.2) is 0 Å². The van der Waals surface area contributed by atoms with Crippen molar-refractivity contribution in [1.82, 2.24) is 0 Å². The molecule has 0 aromatic heterocycles. The predicted octanol–water partition coefficient (Wildman–Crippen LogP) is 4.45. The van der Waals surface area contributed by atoms with Crippen LogP contribution in [0, 0.1) is 13.8 Å². The van der Waals surface area contributed by atoms with Crippen molar-refractivity contribution in [2.45, 2.75) is 26.9 Å². The number of anilines is 2. The first kappa shape index (κ1) is 12.8. The normalized spacial score (nSPS) is 17.9. The summed E-state index contributed by atoms with van der Waals surface area (Å²) in [4.78, 5) is 4.62. The van der Waals surface area contributed by atoms with Gasteiger partial charge in [0.05, 0.1) is 0 Å². The van der Waals surface area contributed by atoms with Gasteiger partial charge in [0.15, 0.2) is 0 Å². The van der Waals surface area contributed by atoms with E-state index in [1.54, 1.807) is 0 Å². The van der Waals surface area contributed by atoms with E-state index < -0.39 is 0 Å². The van der Waals surface area contributed by atoms with Gasteiger partial charge in [-0.05, 0) is 50.1 Å². The Balaban J connectivity index is 1.92. The highest BCUT2D eigenvalue weighted by molar-refractivity contribution is 5.64. The van der Waals surface area contributed by atoms with Gasteiger partial charge in [-0.3, -0.25) is 0 Å². The van der Waals surface area contributed by atoms with Crippen molar-refractivity contribution < 1.29 is 0 Å². The van der Waals surface area contributed by atoms with Crippen LogP contribution in [0.4, 0.5) is 11.4 Å². The first-order chi connectivity index (χ1) is 9.68. The van der Waals surface area contributed by atoms with Crippen LogP contribution in [0.2, 0.25) is 0 Å². The zero-order valence-electron chi connectivity index (χ0n) is 12.2. The summed E-state index contributed by atoms with van der Waals surface area (Å²) < 4.78 is 0. The van der Waals surface area contributed by atoms with E-state index in [4.69, 9.17) is 0 Å². The highest BCUT2D eigenvalue weighted by Crippen LogP contribution is 2.31. The minimum Gasteiger partial charge on any atom is -0.326 e. The lowest BCUT2D eigenvalue weighted by atomic mass is 10.1. The second-order valence-corrected chi connectivity index (χ2v) is 5.30. The van der Waals surface area contributed by atoms with Crippen molar-refractivity contribution in [1.29, 1.82) is 0 Å². The van der Waals surface area contributed by atoms with E-state index >= 15 is 0 Å². The summed E-state index contributed by atoms with van der Waals surface area (Å²) in [6.45, 7) is 6.59. The average molecular weight is 264 g/mol. The van der Waals surface area contributed by atoms with Gasteiger partial charge in [0.2, 0.25) is 0 Å². The molecule has 1 atom stereocenters. The number of para-hydroxylation sites is 1. The Kier molecular flexibility index (Phi) is 3.23. The number of hydrogen-bond donors (Lipinski definition) is 0. The summed E-state index contributed by atoms with van der Waals surface area (Å²) in [7, 11) is 0. The van der Waals surface area contributed by atoms with Crippen molar-refractivity contribution in [2.75, 3.05) is 9.80 Å². The van der Waals surface area contributed by atoms with E-state index in [1.807, 2.05) is 0 Å². The molecular weight excluding hydrogens is 244 g/mol. The lowest BCUT2D eigenvalue weighted by Gasteiger charge is -2.31. The molecule has 0 fully saturated rings. The van der Waals surface area contributed by atoms with Gasteiger partial charge < -0.3 is 9.80 Å². The zero-order valence-corrected chi connectivity index (χ0v) is 12.2. The van der Waals surface area contributed by atoms with Crippen LogP contribution in [0.15, 0.2) is 60.9 Å².